The average molecular weight is 721 g/mol. The molecule has 4 aromatic carbocycles. The highest BCUT2D eigenvalue weighted by atomic mass is 19.3. The highest BCUT2D eigenvalue weighted by Crippen LogP contribution is 2.39. The quantitative estimate of drug-likeness (QED) is 0.148. The second kappa shape index (κ2) is 13.7. The minimum atomic E-state index is -3.06. The van der Waals surface area contributed by atoms with Crippen molar-refractivity contribution in [2.75, 3.05) is 13.1 Å². The summed E-state index contributed by atoms with van der Waals surface area (Å²) in [7, 11) is 0. The van der Waals surface area contributed by atoms with Crippen molar-refractivity contribution < 1.29 is 32.3 Å². The molecule has 1 N–H and O–H groups in total. The van der Waals surface area contributed by atoms with Gasteiger partial charge in [-0.3, -0.25) is 14.6 Å². The van der Waals surface area contributed by atoms with Gasteiger partial charge in [0.25, 0.3) is 0 Å². The molecule has 6 aromatic rings. The highest BCUT2D eigenvalue weighted by Gasteiger charge is 2.33. The van der Waals surface area contributed by atoms with Crippen molar-refractivity contribution in [1.29, 1.82) is 0 Å². The zero-order valence-corrected chi connectivity index (χ0v) is 30.3. The Morgan fingerprint density at radius 1 is 0.868 bits per heavy atom. The Kier molecular flexibility index (Phi) is 9.02. The molecule has 0 spiro atoms. The van der Waals surface area contributed by atoms with Crippen LogP contribution >= 0.6 is 0 Å². The molecule has 0 aliphatic carbocycles. The lowest BCUT2D eigenvalue weighted by atomic mass is 9.91. The molecule has 0 saturated carbocycles. The van der Waals surface area contributed by atoms with E-state index in [1.54, 1.807) is 11.0 Å². The van der Waals surface area contributed by atoms with Crippen LogP contribution < -0.4 is 4.74 Å². The molecule has 4 heterocycles. The van der Waals surface area contributed by atoms with Crippen molar-refractivity contribution in [3.8, 4) is 39.8 Å². The van der Waals surface area contributed by atoms with E-state index in [9.17, 15) is 18.7 Å². The molecular formula is C42H42F2N4O5. The molecule has 8 rings (SSSR count). The van der Waals surface area contributed by atoms with Gasteiger partial charge in [0.15, 0.2) is 11.2 Å². The van der Waals surface area contributed by atoms with Gasteiger partial charge in [-0.15, -0.1) is 0 Å². The van der Waals surface area contributed by atoms with Crippen LogP contribution in [0.25, 0.3) is 56.2 Å². The summed E-state index contributed by atoms with van der Waals surface area (Å²) < 4.78 is 44.4. The molecule has 53 heavy (non-hydrogen) atoms. The lowest BCUT2D eigenvalue weighted by molar-refractivity contribution is -0.142. The van der Waals surface area contributed by atoms with Crippen LogP contribution in [0.1, 0.15) is 61.8 Å². The Morgan fingerprint density at radius 2 is 1.51 bits per heavy atom. The predicted molar refractivity (Wildman–Crippen MR) is 199 cm³/mol. The number of alkyl halides is 2. The second-order valence-electron chi connectivity index (χ2n) is 14.9. The maximum absolute atomic E-state index is 13.5. The van der Waals surface area contributed by atoms with Gasteiger partial charge in [-0.05, 0) is 125 Å². The second-order valence-corrected chi connectivity index (χ2v) is 14.9. The van der Waals surface area contributed by atoms with Crippen LogP contribution in [0.15, 0.2) is 75.6 Å². The number of ether oxygens (including phenoxy) is 1. The van der Waals surface area contributed by atoms with Crippen LogP contribution in [0, 0.1) is 13.8 Å². The molecule has 1 atom stereocenters. The van der Waals surface area contributed by atoms with E-state index in [-0.39, 0.29) is 17.8 Å². The molecule has 0 bridgehead atoms. The fourth-order valence-electron chi connectivity index (χ4n) is 8.14. The minimum absolute atomic E-state index is 0.0601. The summed E-state index contributed by atoms with van der Waals surface area (Å²) in [6, 6.07) is 20.7. The number of oxazole rings is 2. The molecular weight excluding hydrogens is 678 g/mol. The molecule has 0 amide bonds. The first-order valence-electron chi connectivity index (χ1n) is 18.1. The number of likely N-dealkylation sites (tertiary alicyclic amines) is 2. The minimum Gasteiger partial charge on any atom is -0.480 e. The number of benzene rings is 4. The standard InChI is InChI=1S/C42H42F2N4O5/c1-24-28(9-5-11-30(24)38-45-32-19-26(14-15-35(32)51-38)22-48-18-8-16-42(48,3)4)29-10-6-12-31(25(29)2)39-46-33-20-27(23-47-17-7-13-34(47)40(49)50)36(53-41(43)44)21-37(33)52-39/h5-6,9-12,14-15,19-21,34,41H,7-8,13,16-18,22-23H2,1-4H3,(H,49,50)/t34-/m0/s1. The summed E-state index contributed by atoms with van der Waals surface area (Å²) in [5, 5.41) is 9.66. The van der Waals surface area contributed by atoms with Crippen LogP contribution in [0.4, 0.5) is 8.78 Å². The third kappa shape index (κ3) is 6.68. The van der Waals surface area contributed by atoms with Gasteiger partial charge in [0, 0.05) is 41.4 Å². The lowest BCUT2D eigenvalue weighted by Gasteiger charge is -2.31. The topological polar surface area (TPSA) is 105 Å². The molecule has 0 unspecified atom stereocenters. The maximum Gasteiger partial charge on any atom is 0.387 e. The molecule has 2 fully saturated rings. The SMILES string of the molecule is Cc1c(-c2nc3cc(CN4CCCC4(C)C)ccc3o2)cccc1-c1cccc(-c2nc3cc(CN4CCC[C@H]4C(=O)O)c(OC(F)F)cc3o2)c1C. The summed E-state index contributed by atoms with van der Waals surface area (Å²) >= 11 is 0. The van der Waals surface area contributed by atoms with Gasteiger partial charge in [-0.25, -0.2) is 9.97 Å². The Labute approximate surface area is 306 Å². The van der Waals surface area contributed by atoms with Gasteiger partial charge in [-0.1, -0.05) is 30.3 Å². The van der Waals surface area contributed by atoms with Crippen molar-refractivity contribution >= 4 is 28.2 Å². The number of carboxylic acids is 1. The van der Waals surface area contributed by atoms with Crippen molar-refractivity contribution in [3.63, 3.8) is 0 Å². The zero-order chi connectivity index (χ0) is 37.0. The van der Waals surface area contributed by atoms with E-state index < -0.39 is 18.6 Å². The first-order chi connectivity index (χ1) is 25.4. The number of carboxylic acid groups (broad SMARTS) is 1. The fraction of sp³-hybridized carbons (Fsp3) is 0.357. The maximum atomic E-state index is 13.5. The Balaban J connectivity index is 1.11. The highest BCUT2D eigenvalue weighted by molar-refractivity contribution is 5.85. The summed E-state index contributed by atoms with van der Waals surface area (Å²) in [6.07, 6.45) is 3.63. The van der Waals surface area contributed by atoms with Crippen molar-refractivity contribution in [3.05, 3.63) is 89.0 Å². The number of rotatable bonds is 10. The van der Waals surface area contributed by atoms with E-state index in [4.69, 9.17) is 23.5 Å². The monoisotopic (exact) mass is 720 g/mol. The van der Waals surface area contributed by atoms with E-state index in [1.165, 1.54) is 24.5 Å². The van der Waals surface area contributed by atoms with Gasteiger partial charge >= 0.3 is 12.6 Å². The van der Waals surface area contributed by atoms with Crippen LogP contribution in [0.5, 0.6) is 5.75 Å². The van der Waals surface area contributed by atoms with Crippen LogP contribution in [0.3, 0.4) is 0 Å². The number of nitrogens with zero attached hydrogens (tertiary/aromatic N) is 4. The molecule has 0 radical (unpaired) electrons. The van der Waals surface area contributed by atoms with Crippen LogP contribution in [-0.4, -0.2) is 62.1 Å². The van der Waals surface area contributed by atoms with E-state index in [0.29, 0.717) is 47.8 Å². The first kappa shape index (κ1) is 34.9. The lowest BCUT2D eigenvalue weighted by Crippen LogP contribution is -2.37. The van der Waals surface area contributed by atoms with E-state index in [1.807, 2.05) is 43.3 Å². The number of fused-ring (bicyclic) bond motifs is 2. The third-order valence-corrected chi connectivity index (χ3v) is 11.1. The van der Waals surface area contributed by atoms with Gasteiger partial charge in [0.2, 0.25) is 11.8 Å². The van der Waals surface area contributed by atoms with Crippen molar-refractivity contribution in [2.24, 2.45) is 0 Å². The van der Waals surface area contributed by atoms with Crippen LogP contribution in [0.2, 0.25) is 0 Å². The Morgan fingerprint density at radius 3 is 2.13 bits per heavy atom. The summed E-state index contributed by atoms with van der Waals surface area (Å²) in [5.74, 6) is -0.0909. The molecule has 2 saturated heterocycles. The first-order valence-corrected chi connectivity index (χ1v) is 18.1. The molecule has 2 aliphatic heterocycles. The van der Waals surface area contributed by atoms with Crippen LogP contribution in [-0.2, 0) is 17.9 Å². The number of hydrogen-bond donors (Lipinski definition) is 1. The molecule has 274 valence electrons. The normalized spacial score (nSPS) is 17.8. The van der Waals surface area contributed by atoms with E-state index in [0.717, 1.165) is 57.6 Å². The number of hydrogen-bond acceptors (Lipinski definition) is 8. The number of carbonyl (C=O) groups is 1. The smallest absolute Gasteiger partial charge is 0.387 e. The van der Waals surface area contributed by atoms with E-state index in [2.05, 4.69) is 43.9 Å². The molecule has 11 heteroatoms. The molecule has 9 nitrogen and oxygen atoms in total. The average Bonchev–Trinajstić information content (AvgIpc) is 3.91. The predicted octanol–water partition coefficient (Wildman–Crippen LogP) is 9.61. The third-order valence-electron chi connectivity index (χ3n) is 11.1. The molecule has 2 aromatic heterocycles. The van der Waals surface area contributed by atoms with Crippen molar-refractivity contribution in [1.82, 2.24) is 19.8 Å². The van der Waals surface area contributed by atoms with Gasteiger partial charge in [-0.2, -0.15) is 8.78 Å². The summed E-state index contributed by atoms with van der Waals surface area (Å²) in [5.41, 5.74) is 9.75. The van der Waals surface area contributed by atoms with E-state index >= 15 is 0 Å². The number of aromatic nitrogens is 2. The van der Waals surface area contributed by atoms with Gasteiger partial charge in [0.05, 0.1) is 0 Å². The van der Waals surface area contributed by atoms with Gasteiger partial charge < -0.3 is 18.7 Å². The van der Waals surface area contributed by atoms with Gasteiger partial charge in [0.1, 0.15) is 22.8 Å². The Bertz CT molecular complexity index is 2350. The zero-order valence-electron chi connectivity index (χ0n) is 30.3. The molecule has 2 aliphatic rings. The van der Waals surface area contributed by atoms with Crippen molar-refractivity contribution in [2.45, 2.75) is 84.7 Å². The fourth-order valence-corrected chi connectivity index (χ4v) is 8.14. The number of halogens is 2. The summed E-state index contributed by atoms with van der Waals surface area (Å²) in [6.45, 7) is 8.29. The largest absolute Gasteiger partial charge is 0.480 e. The number of aliphatic carboxylic acids is 1. The summed E-state index contributed by atoms with van der Waals surface area (Å²) in [4.78, 5) is 25.8. The Hall–Kier alpha value is -5.13.